The van der Waals surface area contributed by atoms with Gasteiger partial charge in [0.05, 0.1) is 120 Å². The molecule has 6 aromatic heterocycles. The van der Waals surface area contributed by atoms with E-state index in [0.717, 1.165) is 22.3 Å². The van der Waals surface area contributed by atoms with Gasteiger partial charge in [-0.15, -0.1) is 0 Å². The topological polar surface area (TPSA) is 283 Å². The number of amides is 6. The molecule has 0 saturated carbocycles. The third kappa shape index (κ3) is 17.8. The number of carbonyl (C=O) groups is 6. The molecule has 8 aliphatic heterocycles. The zero-order chi connectivity index (χ0) is 88.6. The van der Waals surface area contributed by atoms with Crippen molar-refractivity contribution in [2.45, 2.75) is 88.7 Å². The van der Waals surface area contributed by atoms with Crippen LogP contribution in [0.2, 0.25) is 0 Å². The molecule has 4 aromatic carbocycles. The van der Waals surface area contributed by atoms with Gasteiger partial charge in [-0.1, -0.05) is 61.7 Å². The minimum Gasteiger partial charge on any atom is -0.493 e. The Labute approximate surface area is 754 Å². The van der Waals surface area contributed by atoms with Crippen molar-refractivity contribution in [3.05, 3.63) is 269 Å². The molecule has 14 heterocycles. The van der Waals surface area contributed by atoms with Gasteiger partial charge in [-0.2, -0.15) is 45.3 Å². The fraction of sp³-hybridized carbons (Fsp3) is 0.271. The normalized spacial score (nSPS) is 18.9. The number of anilines is 2. The molecule has 2 unspecified atom stereocenters. The number of benzene rings is 4. The average molecular weight is 1800 g/mol. The molecule has 0 saturated heterocycles. The number of carbonyl (C=O) groups excluding carboxylic acids is 6. The van der Waals surface area contributed by atoms with E-state index < -0.39 is 36.7 Å². The highest BCUT2D eigenvalue weighted by Crippen LogP contribution is 2.48. The molecule has 0 N–H and O–H groups in total. The lowest BCUT2D eigenvalue weighted by atomic mass is 9.94. The van der Waals surface area contributed by atoms with Crippen molar-refractivity contribution in [1.29, 1.82) is 0 Å². The molecule has 32 heteroatoms. The number of pyridine rings is 2. The van der Waals surface area contributed by atoms with Crippen LogP contribution < -0.4 is 47.7 Å². The quantitative estimate of drug-likeness (QED) is 0.0455. The Balaban J connectivity index is 0.000000185. The Morgan fingerprint density at radius 3 is 1.02 bits per heavy atom. The maximum atomic E-state index is 14.5. The Morgan fingerprint density at radius 1 is 0.398 bits per heavy atom. The maximum absolute atomic E-state index is 14.5. The lowest BCUT2D eigenvalue weighted by Crippen LogP contribution is -2.55. The molecular formula is C96H90N10O18S4. The zero-order valence-corrected chi connectivity index (χ0v) is 74.1. The van der Waals surface area contributed by atoms with E-state index in [1.807, 2.05) is 75.5 Å². The van der Waals surface area contributed by atoms with Crippen LogP contribution in [0.15, 0.2) is 212 Å². The van der Waals surface area contributed by atoms with Crippen molar-refractivity contribution in [3.63, 3.8) is 0 Å². The summed E-state index contributed by atoms with van der Waals surface area (Å²) in [6.45, 7) is 9.03. The van der Waals surface area contributed by atoms with Crippen LogP contribution in [0.3, 0.4) is 0 Å². The van der Waals surface area contributed by atoms with Crippen LogP contribution in [0.5, 0.6) is 46.0 Å². The molecule has 28 nitrogen and oxygen atoms in total. The first kappa shape index (κ1) is 86.6. The van der Waals surface area contributed by atoms with Crippen molar-refractivity contribution in [2.75, 3.05) is 91.9 Å². The summed E-state index contributed by atoms with van der Waals surface area (Å²) < 4.78 is 71.5. The van der Waals surface area contributed by atoms with Crippen molar-refractivity contribution in [3.8, 4) is 46.0 Å². The molecule has 0 bridgehead atoms. The summed E-state index contributed by atoms with van der Waals surface area (Å²) in [5.41, 5.74) is 14.2. The molecule has 0 radical (unpaired) electrons. The summed E-state index contributed by atoms with van der Waals surface area (Å²) in [6.07, 6.45) is 13.9. The van der Waals surface area contributed by atoms with Crippen LogP contribution in [0.4, 0.5) is 32.3 Å². The van der Waals surface area contributed by atoms with E-state index in [9.17, 15) is 28.8 Å². The summed E-state index contributed by atoms with van der Waals surface area (Å²) in [7, 11) is 9.04. The number of aromatic nitrogens is 2. The van der Waals surface area contributed by atoms with E-state index in [1.165, 1.54) is 72.7 Å². The number of hydrogen-bond acceptors (Lipinski definition) is 26. The van der Waals surface area contributed by atoms with Gasteiger partial charge in [0, 0.05) is 77.1 Å². The summed E-state index contributed by atoms with van der Waals surface area (Å²) in [5.74, 6) is 1.91. The second-order valence-electron chi connectivity index (χ2n) is 30.6. The summed E-state index contributed by atoms with van der Waals surface area (Å²) in [4.78, 5) is 113. The van der Waals surface area contributed by atoms with Gasteiger partial charge in [-0.25, -0.2) is 19.4 Å². The number of rotatable bonds is 26. The van der Waals surface area contributed by atoms with Crippen LogP contribution >= 0.6 is 45.3 Å². The van der Waals surface area contributed by atoms with Crippen molar-refractivity contribution in [1.82, 2.24) is 29.6 Å². The SMILES string of the molecule is C=CCOC(=O)N1c2cc(OCc3cccc(COc4cc5c(cc4OC)C(=O)N4CC=C(c6ccsc6)C[C@H]4C(OC)N5C(=O)OCC=C)n3)c(OC)cc2C(=O)N2CC=C(c3ccsc3)C[C@H]2C1OC.COc1cc2c(cc1OCc1cccc(COc3cc4c(cc3OC)C(=O)N3CC=C(c5ccsc5)C[C@H]3C=N4)n1)N=C[C@@H]1CC(c3ccsc3)=CCN1C2=O. The van der Waals surface area contributed by atoms with Crippen LogP contribution in [-0.4, -0.2) is 196 Å². The van der Waals surface area contributed by atoms with Gasteiger partial charge in [-0.05, 0) is 186 Å². The predicted molar refractivity (Wildman–Crippen MR) is 491 cm³/mol. The molecule has 10 aromatic rings. The van der Waals surface area contributed by atoms with Crippen molar-refractivity contribution < 1.29 is 85.6 Å². The lowest BCUT2D eigenvalue weighted by molar-refractivity contribution is 0.0175. The summed E-state index contributed by atoms with van der Waals surface area (Å²) >= 11 is 6.48. The number of ether oxygens (including phenoxy) is 12. The standard InChI is InChI=1S/C53H53N5O12S2.C43H37N5O6S2/c1-7-18-67-52(61)57-40-26-46(44(63-3)24-38(40)48(59)55-16-12-32(34-14-20-71-30-34)22-42(55)50(57)65-5)69-28-36-10-9-11-37(54-36)29-70-47-27-41-39(25-45(47)64-4)49(60)56-17-13-33(35-15-21-72-31-35)23-43(56)51(66-6)58(41)53(62)68-19-8-2;1-51-38-16-34-36(44-20-32-14-26(28-8-12-55-24-28)6-10-47(32)42(34)49)18-40(38)53-22-30-4-3-5-31(46-30)23-54-41-19-37-35(17-39(41)52-2)43(50)48-11-7-27(15-33(48)21-45-37)29-9-13-56-25-29/h7-15,20-21,24-27,30-31,42-43,50-51H,1-2,16-19,22-23,28-29H2,3-6H3;3-9,12-13,16-21,24-25,32-33H,10-11,14-15,22-23H2,1-2H3/t42-,43-,50?,51?;32-,33-/m00/s1. The summed E-state index contributed by atoms with van der Waals surface area (Å²) in [6, 6.07) is 31.0. The monoisotopic (exact) mass is 1800 g/mol. The zero-order valence-electron chi connectivity index (χ0n) is 70.9. The van der Waals surface area contributed by atoms with Crippen molar-refractivity contribution in [2.24, 2.45) is 9.98 Å². The molecule has 8 aliphatic rings. The minimum atomic E-state index is -0.937. The molecule has 6 amide bonds. The third-order valence-electron chi connectivity index (χ3n) is 23.3. The first-order valence-corrected chi connectivity index (χ1v) is 45.0. The number of hydrogen-bond donors (Lipinski definition) is 0. The Bertz CT molecular complexity index is 5730. The van der Waals surface area contributed by atoms with Gasteiger partial charge in [0.25, 0.3) is 23.6 Å². The van der Waals surface area contributed by atoms with Crippen molar-refractivity contribution >= 4 is 139 Å². The molecule has 6 atom stereocenters. The van der Waals surface area contributed by atoms with Crippen LogP contribution in [0.25, 0.3) is 22.3 Å². The highest BCUT2D eigenvalue weighted by molar-refractivity contribution is 7.08. The molecule has 0 aliphatic carbocycles. The van der Waals surface area contributed by atoms with Crippen LogP contribution in [0.1, 0.15) is 112 Å². The number of aliphatic imine (C=N–C) groups is 2. The molecule has 0 fully saturated rings. The van der Waals surface area contributed by atoms with Gasteiger partial charge in [0.1, 0.15) is 39.6 Å². The maximum Gasteiger partial charge on any atom is 0.416 e. The lowest BCUT2D eigenvalue weighted by Gasteiger charge is -2.40. The number of fused-ring (bicyclic) bond motifs is 8. The summed E-state index contributed by atoms with van der Waals surface area (Å²) in [5, 5.41) is 16.5. The predicted octanol–water partition coefficient (Wildman–Crippen LogP) is 17.6. The van der Waals surface area contributed by atoms with E-state index >= 15 is 0 Å². The van der Waals surface area contributed by atoms with Gasteiger partial charge in [0.15, 0.2) is 58.5 Å². The number of nitrogens with zero attached hydrogens (tertiary/aromatic N) is 10. The van der Waals surface area contributed by atoms with Gasteiger partial charge in [0.2, 0.25) is 0 Å². The Morgan fingerprint density at radius 2 is 0.711 bits per heavy atom. The average Bonchev–Trinajstić information content (AvgIpc) is 1.60. The van der Waals surface area contributed by atoms with Gasteiger partial charge >= 0.3 is 12.2 Å². The highest BCUT2D eigenvalue weighted by atomic mass is 32.1. The van der Waals surface area contributed by atoms with E-state index in [0.29, 0.717) is 120 Å². The van der Waals surface area contributed by atoms with E-state index in [1.54, 1.807) is 136 Å². The van der Waals surface area contributed by atoms with Gasteiger partial charge < -0.3 is 76.4 Å². The fourth-order valence-corrected chi connectivity index (χ4v) is 19.7. The second kappa shape index (κ2) is 38.8. The first-order valence-electron chi connectivity index (χ1n) is 41.2. The Kier molecular flexibility index (Phi) is 26.2. The number of thiophene rings is 4. The molecule has 0 spiro atoms. The third-order valence-corrected chi connectivity index (χ3v) is 26.1. The van der Waals surface area contributed by atoms with E-state index in [2.05, 4.69) is 69.7 Å². The largest absolute Gasteiger partial charge is 0.493 e. The Hall–Kier alpha value is -13.5. The van der Waals surface area contributed by atoms with Crippen LogP contribution in [-0.2, 0) is 45.4 Å². The smallest absolute Gasteiger partial charge is 0.416 e. The van der Waals surface area contributed by atoms with Gasteiger partial charge in [-0.3, -0.25) is 39.1 Å². The molecular weight excluding hydrogens is 1710 g/mol. The molecule has 656 valence electrons. The second-order valence-corrected chi connectivity index (χ2v) is 33.8. The van der Waals surface area contributed by atoms with E-state index in [4.69, 9.17) is 76.8 Å². The molecule has 128 heavy (non-hydrogen) atoms. The van der Waals surface area contributed by atoms with Crippen LogP contribution in [0, 0.1) is 0 Å². The molecule has 18 rings (SSSR count). The highest BCUT2D eigenvalue weighted by Gasteiger charge is 2.49. The fourth-order valence-electron chi connectivity index (χ4n) is 17.0. The number of methoxy groups -OCH3 is 6. The van der Waals surface area contributed by atoms with E-state index in [-0.39, 0.29) is 121 Å². The minimum absolute atomic E-state index is 0.0562. The first-order chi connectivity index (χ1) is 62.5.